The number of rotatable bonds is 5. The molecule has 1 unspecified atom stereocenters. The highest BCUT2D eigenvalue weighted by Gasteiger charge is 2.26. The van der Waals surface area contributed by atoms with Gasteiger partial charge in [0.15, 0.2) is 0 Å². The van der Waals surface area contributed by atoms with Gasteiger partial charge in [0, 0.05) is 11.4 Å². The van der Waals surface area contributed by atoms with Crippen LogP contribution in [0.15, 0.2) is 0 Å². The summed E-state index contributed by atoms with van der Waals surface area (Å²) in [6, 6.07) is 0.165. The van der Waals surface area contributed by atoms with Crippen molar-refractivity contribution >= 4 is 21.8 Å². The van der Waals surface area contributed by atoms with Crippen LogP contribution in [0.5, 0.6) is 0 Å². The summed E-state index contributed by atoms with van der Waals surface area (Å²) in [6.07, 6.45) is 0.921. The summed E-state index contributed by atoms with van der Waals surface area (Å²) in [5, 5.41) is 3.92. The molecule has 0 aromatic rings. The molecule has 102 valence electrons. The Bertz CT molecular complexity index is 241. The second-order valence-corrected chi connectivity index (χ2v) is 7.16. The lowest BCUT2D eigenvalue weighted by atomic mass is 9.85. The lowest BCUT2D eigenvalue weighted by Gasteiger charge is -2.31. The first-order valence-electron chi connectivity index (χ1n) is 6.05. The zero-order chi connectivity index (χ0) is 13.7. The third-order valence-electron chi connectivity index (χ3n) is 2.41. The maximum Gasteiger partial charge on any atom is 0.246 e. The normalized spacial score (nSPS) is 14.5. The molecule has 0 bridgehead atoms. The van der Waals surface area contributed by atoms with Crippen LogP contribution in [0.25, 0.3) is 0 Å². The van der Waals surface area contributed by atoms with Crippen LogP contribution in [0.1, 0.15) is 48.0 Å². The molecule has 0 radical (unpaired) electrons. The first-order valence-corrected chi connectivity index (χ1v) is 7.17. The van der Waals surface area contributed by atoms with Crippen LogP contribution in [0.4, 0.5) is 0 Å². The molecule has 17 heavy (non-hydrogen) atoms. The molecule has 0 aliphatic carbocycles. The zero-order valence-corrected chi connectivity index (χ0v) is 13.5. The van der Waals surface area contributed by atoms with E-state index in [9.17, 15) is 4.79 Å². The SMILES string of the molecule is CC(C)(C)OCC(=O)NC(CCBr)C(C)(C)C. The number of hydrogen-bond donors (Lipinski definition) is 1. The molecular weight excluding hydrogens is 282 g/mol. The van der Waals surface area contributed by atoms with Crippen molar-refractivity contribution in [3.8, 4) is 0 Å². The topological polar surface area (TPSA) is 38.3 Å². The Hall–Kier alpha value is -0.0900. The Morgan fingerprint density at radius 3 is 2.12 bits per heavy atom. The molecule has 4 heteroatoms. The van der Waals surface area contributed by atoms with E-state index < -0.39 is 0 Å². The molecular formula is C13H26BrNO2. The van der Waals surface area contributed by atoms with Crippen LogP contribution >= 0.6 is 15.9 Å². The first kappa shape index (κ1) is 16.9. The molecule has 0 aliphatic rings. The third-order valence-corrected chi connectivity index (χ3v) is 2.87. The molecule has 1 N–H and O–H groups in total. The number of carbonyl (C=O) groups is 1. The van der Waals surface area contributed by atoms with Crippen molar-refractivity contribution in [1.82, 2.24) is 5.32 Å². The summed E-state index contributed by atoms with van der Waals surface area (Å²) >= 11 is 3.42. The lowest BCUT2D eigenvalue weighted by molar-refractivity contribution is -0.132. The molecule has 0 rings (SSSR count). The number of carbonyl (C=O) groups excluding carboxylic acids is 1. The van der Waals surface area contributed by atoms with Crippen molar-refractivity contribution in [3.63, 3.8) is 0 Å². The van der Waals surface area contributed by atoms with Gasteiger partial charge in [0.1, 0.15) is 6.61 Å². The van der Waals surface area contributed by atoms with Crippen LogP contribution in [0, 0.1) is 5.41 Å². The van der Waals surface area contributed by atoms with E-state index in [0.717, 1.165) is 11.8 Å². The largest absolute Gasteiger partial charge is 0.366 e. The summed E-state index contributed by atoms with van der Waals surface area (Å²) in [5.74, 6) is -0.0409. The minimum Gasteiger partial charge on any atom is -0.366 e. The van der Waals surface area contributed by atoms with E-state index in [1.807, 2.05) is 20.8 Å². The highest BCUT2D eigenvalue weighted by molar-refractivity contribution is 9.09. The molecule has 1 amide bonds. The Labute approximate surface area is 114 Å². The number of alkyl halides is 1. The average Bonchev–Trinajstić information content (AvgIpc) is 2.11. The summed E-state index contributed by atoms with van der Waals surface area (Å²) < 4.78 is 5.46. The van der Waals surface area contributed by atoms with Crippen molar-refractivity contribution in [2.24, 2.45) is 5.41 Å². The minimum atomic E-state index is -0.274. The molecule has 3 nitrogen and oxygen atoms in total. The van der Waals surface area contributed by atoms with E-state index in [-0.39, 0.29) is 29.6 Å². The molecule has 0 aromatic heterocycles. The lowest BCUT2D eigenvalue weighted by Crippen LogP contribution is -2.46. The van der Waals surface area contributed by atoms with Gasteiger partial charge in [-0.05, 0) is 32.6 Å². The highest BCUT2D eigenvalue weighted by Crippen LogP contribution is 2.22. The van der Waals surface area contributed by atoms with Gasteiger partial charge in [-0.3, -0.25) is 4.79 Å². The maximum atomic E-state index is 11.8. The summed E-state index contributed by atoms with van der Waals surface area (Å²) in [4.78, 5) is 11.8. The minimum absolute atomic E-state index is 0.0409. The average molecular weight is 308 g/mol. The predicted octanol–water partition coefficient (Wildman–Crippen LogP) is 3.12. The van der Waals surface area contributed by atoms with E-state index in [4.69, 9.17) is 4.74 Å². The van der Waals surface area contributed by atoms with Gasteiger partial charge < -0.3 is 10.1 Å². The van der Waals surface area contributed by atoms with Gasteiger partial charge in [-0.1, -0.05) is 36.7 Å². The van der Waals surface area contributed by atoms with Gasteiger partial charge in [-0.15, -0.1) is 0 Å². The van der Waals surface area contributed by atoms with Crippen molar-refractivity contribution < 1.29 is 9.53 Å². The van der Waals surface area contributed by atoms with E-state index in [1.54, 1.807) is 0 Å². The number of halogens is 1. The van der Waals surface area contributed by atoms with Gasteiger partial charge in [-0.25, -0.2) is 0 Å². The van der Waals surface area contributed by atoms with Gasteiger partial charge in [0.05, 0.1) is 5.60 Å². The summed E-state index contributed by atoms with van der Waals surface area (Å²) in [7, 11) is 0. The second-order valence-electron chi connectivity index (χ2n) is 6.36. The smallest absolute Gasteiger partial charge is 0.246 e. The summed E-state index contributed by atoms with van der Waals surface area (Å²) in [6.45, 7) is 12.3. The van der Waals surface area contributed by atoms with E-state index >= 15 is 0 Å². The van der Waals surface area contributed by atoms with E-state index in [1.165, 1.54) is 0 Å². The molecule has 0 saturated heterocycles. The fraction of sp³-hybridized carbons (Fsp3) is 0.923. The van der Waals surface area contributed by atoms with Crippen LogP contribution < -0.4 is 5.32 Å². The number of ether oxygens (including phenoxy) is 1. The van der Waals surface area contributed by atoms with Crippen LogP contribution in [-0.2, 0) is 9.53 Å². The number of amides is 1. The van der Waals surface area contributed by atoms with Gasteiger partial charge in [-0.2, -0.15) is 0 Å². The maximum absolute atomic E-state index is 11.8. The standard InChI is InChI=1S/C13H26BrNO2/c1-12(2,3)10(7-8-14)15-11(16)9-17-13(4,5)6/h10H,7-9H2,1-6H3,(H,15,16). The fourth-order valence-electron chi connectivity index (χ4n) is 1.35. The van der Waals surface area contributed by atoms with Crippen molar-refractivity contribution in [2.75, 3.05) is 11.9 Å². The third kappa shape index (κ3) is 8.61. The van der Waals surface area contributed by atoms with Crippen LogP contribution in [-0.4, -0.2) is 29.5 Å². The quantitative estimate of drug-likeness (QED) is 0.793. The molecule has 0 spiro atoms. The molecule has 0 aliphatic heterocycles. The fourth-order valence-corrected chi connectivity index (χ4v) is 1.81. The van der Waals surface area contributed by atoms with Gasteiger partial charge in [0.25, 0.3) is 0 Å². The van der Waals surface area contributed by atoms with Crippen molar-refractivity contribution in [1.29, 1.82) is 0 Å². The number of hydrogen-bond acceptors (Lipinski definition) is 2. The van der Waals surface area contributed by atoms with Crippen LogP contribution in [0.2, 0.25) is 0 Å². The molecule has 1 atom stereocenters. The Balaban J connectivity index is 4.23. The summed E-state index contributed by atoms with van der Waals surface area (Å²) in [5.41, 5.74) is -0.213. The van der Waals surface area contributed by atoms with E-state index in [2.05, 4.69) is 42.0 Å². The second kappa shape index (κ2) is 6.74. The molecule has 0 fully saturated rings. The zero-order valence-electron chi connectivity index (χ0n) is 11.9. The van der Waals surface area contributed by atoms with Gasteiger partial charge >= 0.3 is 0 Å². The molecule has 0 aromatic carbocycles. The molecule has 0 heterocycles. The predicted molar refractivity (Wildman–Crippen MR) is 75.5 cm³/mol. The molecule has 0 saturated carbocycles. The first-order chi connectivity index (χ1) is 7.56. The Morgan fingerprint density at radius 2 is 1.76 bits per heavy atom. The van der Waals surface area contributed by atoms with Gasteiger partial charge in [0.2, 0.25) is 5.91 Å². The Kier molecular flexibility index (Phi) is 6.70. The van der Waals surface area contributed by atoms with Crippen LogP contribution in [0.3, 0.4) is 0 Å². The van der Waals surface area contributed by atoms with Crippen molar-refractivity contribution in [2.45, 2.75) is 59.6 Å². The monoisotopic (exact) mass is 307 g/mol. The van der Waals surface area contributed by atoms with E-state index in [0.29, 0.717) is 0 Å². The highest BCUT2D eigenvalue weighted by atomic mass is 79.9. The Morgan fingerprint density at radius 1 is 1.24 bits per heavy atom. The number of nitrogens with one attached hydrogen (secondary N) is 1. The van der Waals surface area contributed by atoms with Crippen molar-refractivity contribution in [3.05, 3.63) is 0 Å².